The van der Waals surface area contributed by atoms with Gasteiger partial charge in [0.05, 0.1) is 12.7 Å². The highest BCUT2D eigenvalue weighted by atomic mass is 16.5. The van der Waals surface area contributed by atoms with Gasteiger partial charge >= 0.3 is 12.0 Å². The van der Waals surface area contributed by atoms with Crippen LogP contribution in [0.4, 0.5) is 16.2 Å². The molecule has 3 rings (SSSR count). The van der Waals surface area contributed by atoms with Gasteiger partial charge in [-0.15, -0.1) is 0 Å². The molecule has 2 N–H and O–H groups in total. The van der Waals surface area contributed by atoms with Crippen LogP contribution in [-0.2, 0) is 4.74 Å². The van der Waals surface area contributed by atoms with Crippen molar-refractivity contribution in [2.45, 2.75) is 13.0 Å². The van der Waals surface area contributed by atoms with Crippen molar-refractivity contribution in [3.05, 3.63) is 60.2 Å². The van der Waals surface area contributed by atoms with E-state index in [9.17, 15) is 9.59 Å². The SMILES string of the molecule is COC(=O)c1cccc(NC(=O)NCC(C)N2CCN(c3ccccc3)CC2)c1. The van der Waals surface area contributed by atoms with Gasteiger partial charge in [-0.3, -0.25) is 4.90 Å². The second-order valence-corrected chi connectivity index (χ2v) is 7.11. The smallest absolute Gasteiger partial charge is 0.337 e. The minimum atomic E-state index is -0.433. The van der Waals surface area contributed by atoms with E-state index in [4.69, 9.17) is 4.74 Å². The third-order valence-corrected chi connectivity index (χ3v) is 5.16. The second kappa shape index (κ2) is 9.93. The van der Waals surface area contributed by atoms with Crippen molar-refractivity contribution in [3.63, 3.8) is 0 Å². The van der Waals surface area contributed by atoms with Crippen molar-refractivity contribution >= 4 is 23.4 Å². The van der Waals surface area contributed by atoms with Crippen LogP contribution in [0.3, 0.4) is 0 Å². The maximum absolute atomic E-state index is 12.2. The minimum Gasteiger partial charge on any atom is -0.465 e. The molecule has 0 bridgehead atoms. The quantitative estimate of drug-likeness (QED) is 0.735. The fourth-order valence-corrected chi connectivity index (χ4v) is 3.45. The summed E-state index contributed by atoms with van der Waals surface area (Å²) in [6, 6.07) is 17.1. The molecular weight excluding hydrogens is 368 g/mol. The molecule has 1 fully saturated rings. The first kappa shape index (κ1) is 20.7. The fourth-order valence-electron chi connectivity index (χ4n) is 3.45. The lowest BCUT2D eigenvalue weighted by atomic mass is 10.2. The molecule has 0 aliphatic carbocycles. The Bertz CT molecular complexity index is 820. The van der Waals surface area contributed by atoms with Crippen LogP contribution in [0.1, 0.15) is 17.3 Å². The molecule has 0 saturated carbocycles. The highest BCUT2D eigenvalue weighted by Crippen LogP contribution is 2.16. The van der Waals surface area contributed by atoms with Crippen LogP contribution >= 0.6 is 0 Å². The number of rotatable bonds is 6. The molecule has 1 aliphatic rings. The van der Waals surface area contributed by atoms with Crippen molar-refractivity contribution in [2.75, 3.05) is 50.1 Å². The lowest BCUT2D eigenvalue weighted by Gasteiger charge is -2.39. The predicted octanol–water partition coefficient (Wildman–Crippen LogP) is 2.81. The van der Waals surface area contributed by atoms with Crippen molar-refractivity contribution in [1.29, 1.82) is 0 Å². The third-order valence-electron chi connectivity index (χ3n) is 5.16. The maximum atomic E-state index is 12.2. The summed E-state index contributed by atoms with van der Waals surface area (Å²) in [7, 11) is 1.33. The Morgan fingerprint density at radius 3 is 2.45 bits per heavy atom. The number of benzene rings is 2. The van der Waals surface area contributed by atoms with Gasteiger partial charge in [-0.1, -0.05) is 24.3 Å². The van der Waals surface area contributed by atoms with E-state index in [0.29, 0.717) is 17.8 Å². The first-order valence-electron chi connectivity index (χ1n) is 9.84. The zero-order valence-electron chi connectivity index (χ0n) is 16.9. The zero-order chi connectivity index (χ0) is 20.6. The summed E-state index contributed by atoms with van der Waals surface area (Å²) in [5, 5.41) is 5.68. The van der Waals surface area contributed by atoms with Gasteiger partial charge in [0, 0.05) is 50.1 Å². The molecule has 2 amide bonds. The van der Waals surface area contributed by atoms with Gasteiger partial charge in [0.1, 0.15) is 0 Å². The standard InChI is InChI=1S/C22H28N4O3/c1-17(25-11-13-26(14-12-25)20-9-4-3-5-10-20)16-23-22(28)24-19-8-6-7-18(15-19)21(27)29-2/h3-10,15,17H,11-14,16H2,1-2H3,(H2,23,24,28). The Kier molecular flexibility index (Phi) is 7.08. The number of piperazine rings is 1. The Balaban J connectivity index is 1.43. The molecule has 154 valence electrons. The first-order chi connectivity index (χ1) is 14.1. The largest absolute Gasteiger partial charge is 0.465 e. The summed E-state index contributed by atoms with van der Waals surface area (Å²) < 4.78 is 4.70. The van der Waals surface area contributed by atoms with Gasteiger partial charge in [0.15, 0.2) is 0 Å². The number of ether oxygens (including phenoxy) is 1. The maximum Gasteiger partial charge on any atom is 0.337 e. The number of esters is 1. The van der Waals surface area contributed by atoms with E-state index in [0.717, 1.165) is 26.2 Å². The van der Waals surface area contributed by atoms with Crippen LogP contribution in [0, 0.1) is 0 Å². The highest BCUT2D eigenvalue weighted by molar-refractivity contribution is 5.93. The minimum absolute atomic E-state index is 0.236. The molecule has 7 nitrogen and oxygen atoms in total. The van der Waals surface area contributed by atoms with Crippen LogP contribution in [0.25, 0.3) is 0 Å². The Morgan fingerprint density at radius 2 is 1.76 bits per heavy atom. The molecule has 1 unspecified atom stereocenters. The summed E-state index contributed by atoms with van der Waals surface area (Å²) in [6.07, 6.45) is 0. The van der Waals surface area contributed by atoms with Crippen molar-refractivity contribution in [2.24, 2.45) is 0 Å². The first-order valence-corrected chi connectivity index (χ1v) is 9.84. The van der Waals surface area contributed by atoms with Crippen molar-refractivity contribution in [1.82, 2.24) is 10.2 Å². The highest BCUT2D eigenvalue weighted by Gasteiger charge is 2.21. The number of anilines is 2. The third kappa shape index (κ3) is 5.71. The Labute approximate surface area is 171 Å². The van der Waals surface area contributed by atoms with Gasteiger partial charge in [-0.25, -0.2) is 9.59 Å². The van der Waals surface area contributed by atoms with Gasteiger partial charge < -0.3 is 20.3 Å². The molecule has 0 aromatic heterocycles. The number of carbonyl (C=O) groups is 2. The van der Waals surface area contributed by atoms with Gasteiger partial charge in [0.2, 0.25) is 0 Å². The number of hydrogen-bond acceptors (Lipinski definition) is 5. The summed E-state index contributed by atoms with van der Waals surface area (Å²) in [6.45, 7) is 6.53. The van der Waals surface area contributed by atoms with E-state index in [1.54, 1.807) is 24.3 Å². The lowest BCUT2D eigenvalue weighted by Crippen LogP contribution is -2.52. The summed E-state index contributed by atoms with van der Waals surface area (Å²) in [4.78, 5) is 28.6. The van der Waals surface area contributed by atoms with E-state index in [2.05, 4.69) is 51.6 Å². The van der Waals surface area contributed by atoms with Crippen LogP contribution < -0.4 is 15.5 Å². The Morgan fingerprint density at radius 1 is 1.03 bits per heavy atom. The summed E-state index contributed by atoms with van der Waals surface area (Å²) in [5.74, 6) is -0.433. The van der Waals surface area contributed by atoms with Crippen LogP contribution in [0.15, 0.2) is 54.6 Å². The molecule has 2 aromatic carbocycles. The number of amides is 2. The van der Waals surface area contributed by atoms with Crippen molar-refractivity contribution < 1.29 is 14.3 Å². The number of nitrogens with one attached hydrogen (secondary N) is 2. The number of para-hydroxylation sites is 1. The normalized spacial score (nSPS) is 15.4. The summed E-state index contributed by atoms with van der Waals surface area (Å²) >= 11 is 0. The van der Waals surface area contributed by atoms with E-state index < -0.39 is 5.97 Å². The Hall–Kier alpha value is -3.06. The molecule has 1 saturated heterocycles. The number of hydrogen-bond donors (Lipinski definition) is 2. The molecular formula is C22H28N4O3. The van der Waals surface area contributed by atoms with Gasteiger partial charge in [-0.2, -0.15) is 0 Å². The van der Waals surface area contributed by atoms with Crippen LogP contribution in [-0.4, -0.2) is 62.8 Å². The topological polar surface area (TPSA) is 73.9 Å². The lowest BCUT2D eigenvalue weighted by molar-refractivity contribution is 0.0600. The van der Waals surface area contributed by atoms with Crippen LogP contribution in [0.2, 0.25) is 0 Å². The number of carbonyl (C=O) groups excluding carboxylic acids is 2. The van der Waals surface area contributed by atoms with E-state index >= 15 is 0 Å². The number of urea groups is 1. The molecule has 29 heavy (non-hydrogen) atoms. The molecule has 0 spiro atoms. The predicted molar refractivity (Wildman–Crippen MR) is 114 cm³/mol. The molecule has 1 aliphatic heterocycles. The number of methoxy groups -OCH3 is 1. The van der Waals surface area contributed by atoms with Crippen molar-refractivity contribution in [3.8, 4) is 0 Å². The zero-order valence-corrected chi connectivity index (χ0v) is 16.9. The average Bonchev–Trinajstić information content (AvgIpc) is 2.77. The number of nitrogens with zero attached hydrogens (tertiary/aromatic N) is 2. The summed E-state index contributed by atoms with van der Waals surface area (Å²) in [5.41, 5.74) is 2.20. The van der Waals surface area contributed by atoms with E-state index in [1.807, 2.05) is 6.07 Å². The van der Waals surface area contributed by atoms with E-state index in [-0.39, 0.29) is 12.1 Å². The monoisotopic (exact) mass is 396 g/mol. The van der Waals surface area contributed by atoms with E-state index in [1.165, 1.54) is 12.8 Å². The fraction of sp³-hybridized carbons (Fsp3) is 0.364. The molecule has 0 radical (unpaired) electrons. The molecule has 2 aromatic rings. The second-order valence-electron chi connectivity index (χ2n) is 7.11. The van der Waals surface area contributed by atoms with Crippen LogP contribution in [0.5, 0.6) is 0 Å². The average molecular weight is 396 g/mol. The van der Waals surface area contributed by atoms with Gasteiger partial charge in [-0.05, 0) is 37.3 Å². The van der Waals surface area contributed by atoms with Gasteiger partial charge in [0.25, 0.3) is 0 Å². The molecule has 7 heteroatoms. The molecule has 1 atom stereocenters. The molecule has 1 heterocycles.